The van der Waals surface area contributed by atoms with Crippen molar-refractivity contribution in [2.75, 3.05) is 13.2 Å². The molecule has 26 heavy (non-hydrogen) atoms. The van der Waals surface area contributed by atoms with E-state index in [2.05, 4.69) is 15.4 Å². The third kappa shape index (κ3) is 3.88. The van der Waals surface area contributed by atoms with E-state index in [0.29, 0.717) is 24.0 Å². The number of aryl methyl sites for hydroxylation is 1. The molecule has 0 spiro atoms. The highest BCUT2D eigenvalue weighted by Crippen LogP contribution is 2.15. The number of hydrogen-bond donors (Lipinski definition) is 1. The minimum absolute atomic E-state index is 0.134. The van der Waals surface area contributed by atoms with Gasteiger partial charge in [-0.1, -0.05) is 12.1 Å². The quantitative estimate of drug-likeness (QED) is 0.632. The highest BCUT2D eigenvalue weighted by Gasteiger charge is 2.10. The number of para-hydroxylation sites is 1. The molecule has 0 bridgehead atoms. The highest BCUT2D eigenvalue weighted by molar-refractivity contribution is 5.77. The molecule has 9 heteroatoms. The summed E-state index contributed by atoms with van der Waals surface area (Å²) in [5.74, 6) is -0.557. The van der Waals surface area contributed by atoms with E-state index in [1.807, 2.05) is 0 Å². The summed E-state index contributed by atoms with van der Waals surface area (Å²) in [5, 5.41) is 7.03. The van der Waals surface area contributed by atoms with Crippen LogP contribution in [0.25, 0.3) is 11.0 Å². The molecule has 0 aliphatic rings. The first-order valence-corrected chi connectivity index (χ1v) is 8.07. The molecule has 1 amide bonds. The molecule has 0 fully saturated rings. The molecule has 0 radical (unpaired) electrons. The molecule has 1 aromatic carbocycles. The van der Waals surface area contributed by atoms with Crippen LogP contribution in [0.5, 0.6) is 5.75 Å². The lowest BCUT2D eigenvalue weighted by Crippen LogP contribution is -2.33. The first kappa shape index (κ1) is 17.6. The molecule has 0 unspecified atom stereocenters. The number of halogens is 1. The Hall–Kier alpha value is -3.23. The van der Waals surface area contributed by atoms with Crippen molar-refractivity contribution in [1.29, 1.82) is 0 Å². The van der Waals surface area contributed by atoms with Gasteiger partial charge in [0.15, 0.2) is 17.2 Å². The van der Waals surface area contributed by atoms with Crippen LogP contribution in [0.4, 0.5) is 4.39 Å². The van der Waals surface area contributed by atoms with Gasteiger partial charge in [-0.05, 0) is 18.6 Å². The van der Waals surface area contributed by atoms with Crippen LogP contribution in [0.2, 0.25) is 0 Å². The number of nitrogens with one attached hydrogen (secondary N) is 1. The molecule has 8 nitrogen and oxygen atoms in total. The van der Waals surface area contributed by atoms with Crippen LogP contribution in [0.3, 0.4) is 0 Å². The van der Waals surface area contributed by atoms with Crippen molar-refractivity contribution in [3.05, 3.63) is 53.0 Å². The molecule has 0 aliphatic carbocycles. The molecule has 0 atom stereocenters. The van der Waals surface area contributed by atoms with Gasteiger partial charge in [0.2, 0.25) is 5.91 Å². The standard InChI is InChI=1S/C17H18FN5O3/c1-22-16-12(9-21-22)17(25)23(11-20-16)10-15(24)19-7-4-8-26-14-6-3-2-5-13(14)18/h2-3,5-6,9,11H,4,7-8,10H2,1H3,(H,19,24). The summed E-state index contributed by atoms with van der Waals surface area (Å²) in [5.41, 5.74) is 0.151. The van der Waals surface area contributed by atoms with Crippen molar-refractivity contribution in [3.63, 3.8) is 0 Å². The van der Waals surface area contributed by atoms with Gasteiger partial charge >= 0.3 is 0 Å². The maximum absolute atomic E-state index is 13.4. The smallest absolute Gasteiger partial charge is 0.264 e. The van der Waals surface area contributed by atoms with Gasteiger partial charge in [-0.3, -0.25) is 18.8 Å². The lowest BCUT2D eigenvalue weighted by Gasteiger charge is -2.09. The zero-order chi connectivity index (χ0) is 18.5. The summed E-state index contributed by atoms with van der Waals surface area (Å²) in [4.78, 5) is 28.4. The molecule has 0 aliphatic heterocycles. The van der Waals surface area contributed by atoms with Gasteiger partial charge in [-0.25, -0.2) is 9.37 Å². The number of carbonyl (C=O) groups is 1. The second-order valence-corrected chi connectivity index (χ2v) is 5.67. The molecule has 2 aromatic heterocycles. The lowest BCUT2D eigenvalue weighted by atomic mass is 10.3. The number of fused-ring (bicyclic) bond motifs is 1. The first-order valence-electron chi connectivity index (χ1n) is 8.07. The molecule has 3 rings (SSSR count). The van der Waals surface area contributed by atoms with Crippen molar-refractivity contribution in [1.82, 2.24) is 24.6 Å². The molecule has 0 saturated carbocycles. The maximum atomic E-state index is 13.4. The van der Waals surface area contributed by atoms with E-state index in [9.17, 15) is 14.0 Å². The van der Waals surface area contributed by atoms with E-state index in [0.717, 1.165) is 0 Å². The lowest BCUT2D eigenvalue weighted by molar-refractivity contribution is -0.121. The number of rotatable bonds is 7. The van der Waals surface area contributed by atoms with E-state index in [4.69, 9.17) is 4.74 Å². The van der Waals surface area contributed by atoms with E-state index in [1.54, 1.807) is 25.2 Å². The number of carbonyl (C=O) groups excluding carboxylic acids is 1. The summed E-state index contributed by atoms with van der Waals surface area (Å²) < 4.78 is 21.4. The van der Waals surface area contributed by atoms with Gasteiger partial charge < -0.3 is 10.1 Å². The van der Waals surface area contributed by atoms with Gasteiger partial charge in [-0.15, -0.1) is 0 Å². The maximum Gasteiger partial charge on any atom is 0.264 e. The SMILES string of the molecule is Cn1ncc2c(=O)n(CC(=O)NCCCOc3ccccc3F)cnc21. The van der Waals surface area contributed by atoms with E-state index in [-0.39, 0.29) is 30.4 Å². The molecule has 3 aromatic rings. The Bertz CT molecular complexity index is 982. The Labute approximate surface area is 148 Å². The first-order chi connectivity index (χ1) is 12.6. The fourth-order valence-electron chi connectivity index (χ4n) is 2.43. The fraction of sp³-hybridized carbons (Fsp3) is 0.294. The summed E-state index contributed by atoms with van der Waals surface area (Å²) in [6.45, 7) is 0.486. The van der Waals surface area contributed by atoms with Crippen LogP contribution < -0.4 is 15.6 Å². The molecule has 136 valence electrons. The number of benzene rings is 1. The average molecular weight is 359 g/mol. The van der Waals surface area contributed by atoms with Crippen molar-refractivity contribution >= 4 is 16.9 Å². The normalized spacial score (nSPS) is 10.8. The third-order valence-corrected chi connectivity index (χ3v) is 3.77. The zero-order valence-corrected chi connectivity index (χ0v) is 14.2. The predicted molar refractivity (Wildman–Crippen MR) is 92.3 cm³/mol. The predicted octanol–water partition coefficient (Wildman–Crippen LogP) is 0.854. The Kier molecular flexibility index (Phi) is 5.26. The zero-order valence-electron chi connectivity index (χ0n) is 14.2. The van der Waals surface area contributed by atoms with Gasteiger partial charge in [0, 0.05) is 13.6 Å². The van der Waals surface area contributed by atoms with E-state index in [1.165, 1.54) is 27.8 Å². The fourth-order valence-corrected chi connectivity index (χ4v) is 2.43. The van der Waals surface area contributed by atoms with Gasteiger partial charge in [0.1, 0.15) is 18.3 Å². The van der Waals surface area contributed by atoms with Crippen LogP contribution in [-0.4, -0.2) is 38.4 Å². The van der Waals surface area contributed by atoms with Crippen molar-refractivity contribution < 1.29 is 13.9 Å². The van der Waals surface area contributed by atoms with Crippen LogP contribution in [0.1, 0.15) is 6.42 Å². The minimum Gasteiger partial charge on any atom is -0.490 e. The monoisotopic (exact) mass is 359 g/mol. The number of amides is 1. The number of ether oxygens (including phenoxy) is 1. The number of aromatic nitrogens is 4. The number of nitrogens with zero attached hydrogens (tertiary/aromatic N) is 4. The Morgan fingerprint density at radius 3 is 2.96 bits per heavy atom. The molecular formula is C17H18FN5O3. The summed E-state index contributed by atoms with van der Waals surface area (Å²) >= 11 is 0. The van der Waals surface area contributed by atoms with Crippen molar-refractivity contribution in [2.24, 2.45) is 7.05 Å². The third-order valence-electron chi connectivity index (χ3n) is 3.77. The van der Waals surface area contributed by atoms with Crippen molar-refractivity contribution in [3.8, 4) is 5.75 Å². The highest BCUT2D eigenvalue weighted by atomic mass is 19.1. The largest absolute Gasteiger partial charge is 0.490 e. The van der Waals surface area contributed by atoms with E-state index >= 15 is 0 Å². The second kappa shape index (κ2) is 7.77. The molecule has 0 saturated heterocycles. The number of hydrogen-bond acceptors (Lipinski definition) is 5. The van der Waals surface area contributed by atoms with Gasteiger partial charge in [-0.2, -0.15) is 5.10 Å². The van der Waals surface area contributed by atoms with Gasteiger partial charge in [0.05, 0.1) is 12.8 Å². The molecule has 2 heterocycles. The minimum atomic E-state index is -0.422. The average Bonchev–Trinajstić information content (AvgIpc) is 3.00. The van der Waals surface area contributed by atoms with E-state index < -0.39 is 5.82 Å². The molecular weight excluding hydrogens is 341 g/mol. The van der Waals surface area contributed by atoms with Crippen LogP contribution >= 0.6 is 0 Å². The topological polar surface area (TPSA) is 91.0 Å². The molecule has 1 N–H and O–H groups in total. The van der Waals surface area contributed by atoms with Gasteiger partial charge in [0.25, 0.3) is 5.56 Å². The van der Waals surface area contributed by atoms with Crippen LogP contribution in [-0.2, 0) is 18.4 Å². The summed E-state index contributed by atoms with van der Waals surface area (Å²) in [6.07, 6.45) is 3.27. The van der Waals surface area contributed by atoms with Crippen LogP contribution in [0, 0.1) is 5.82 Å². The second-order valence-electron chi connectivity index (χ2n) is 5.67. The summed E-state index contributed by atoms with van der Waals surface area (Å²) in [6, 6.07) is 6.14. The summed E-state index contributed by atoms with van der Waals surface area (Å²) in [7, 11) is 1.69. The Morgan fingerprint density at radius 2 is 2.15 bits per heavy atom. The van der Waals surface area contributed by atoms with Crippen LogP contribution in [0.15, 0.2) is 41.6 Å². The Morgan fingerprint density at radius 1 is 1.35 bits per heavy atom. The Balaban J connectivity index is 1.47. The van der Waals surface area contributed by atoms with Crippen molar-refractivity contribution in [2.45, 2.75) is 13.0 Å².